The van der Waals surface area contributed by atoms with Gasteiger partial charge in [0.15, 0.2) is 0 Å². The summed E-state index contributed by atoms with van der Waals surface area (Å²) in [5.74, 6) is 0.706. The second kappa shape index (κ2) is 16.7. The van der Waals surface area contributed by atoms with Gasteiger partial charge in [0.1, 0.15) is 9.84 Å². The van der Waals surface area contributed by atoms with E-state index >= 15 is 0 Å². The van der Waals surface area contributed by atoms with Gasteiger partial charge in [0.25, 0.3) is 10.1 Å². The van der Waals surface area contributed by atoms with E-state index in [1.54, 1.807) is 30.3 Å². The van der Waals surface area contributed by atoms with Crippen molar-refractivity contribution in [2.75, 3.05) is 18.1 Å². The summed E-state index contributed by atoms with van der Waals surface area (Å²) in [5.41, 5.74) is 0. The predicted octanol–water partition coefficient (Wildman–Crippen LogP) is 6.29. The average Bonchev–Trinajstić information content (AvgIpc) is 2.75. The molecule has 180 valence electrons. The number of sulfone groups is 1. The first-order valence-corrected chi connectivity index (χ1v) is 15.3. The number of hydrogen-bond acceptors (Lipinski definition) is 5. The number of benzene rings is 1. The maximum Gasteiger partial charge on any atom is 0.296 e. The standard InChI is InChI=1S/C24H42O5S2/c1-2-3-4-17-22-30(25,26)23-18-12-10-8-6-5-7-9-11-16-21-29-31(27,28)24-19-14-13-15-20-24/h13-15,19-20H,2-12,16-18,21-23H2,1H3. The first-order valence-electron chi connectivity index (χ1n) is 12.0. The van der Waals surface area contributed by atoms with Crippen molar-refractivity contribution in [2.24, 2.45) is 0 Å². The van der Waals surface area contributed by atoms with Crippen LogP contribution in [0.4, 0.5) is 0 Å². The van der Waals surface area contributed by atoms with E-state index in [1.165, 1.54) is 12.8 Å². The molecule has 0 bridgehead atoms. The molecule has 0 saturated carbocycles. The van der Waals surface area contributed by atoms with Crippen LogP contribution in [-0.2, 0) is 24.1 Å². The van der Waals surface area contributed by atoms with Gasteiger partial charge in [-0.1, -0.05) is 95.8 Å². The normalized spacial score (nSPS) is 12.3. The number of unbranched alkanes of at least 4 members (excludes halogenated alkanes) is 12. The van der Waals surface area contributed by atoms with Gasteiger partial charge in [-0.2, -0.15) is 8.42 Å². The van der Waals surface area contributed by atoms with E-state index in [0.29, 0.717) is 11.5 Å². The Kier molecular flexibility index (Phi) is 15.1. The summed E-state index contributed by atoms with van der Waals surface area (Å²) in [6.07, 6.45) is 14.5. The van der Waals surface area contributed by atoms with Crippen molar-refractivity contribution in [3.8, 4) is 0 Å². The molecule has 0 aliphatic rings. The molecule has 0 atom stereocenters. The lowest BCUT2D eigenvalue weighted by atomic mass is 10.1. The Morgan fingerprint density at radius 1 is 0.613 bits per heavy atom. The Hall–Kier alpha value is -0.920. The molecule has 0 fully saturated rings. The molecule has 0 aliphatic heterocycles. The first kappa shape index (κ1) is 28.1. The summed E-state index contributed by atoms with van der Waals surface area (Å²) in [6.45, 7) is 2.37. The highest BCUT2D eigenvalue weighted by molar-refractivity contribution is 7.91. The van der Waals surface area contributed by atoms with Crippen molar-refractivity contribution in [1.29, 1.82) is 0 Å². The van der Waals surface area contributed by atoms with Gasteiger partial charge in [0, 0.05) is 0 Å². The minimum Gasteiger partial charge on any atom is -0.266 e. The first-order chi connectivity index (χ1) is 14.9. The molecule has 0 spiro atoms. The summed E-state index contributed by atoms with van der Waals surface area (Å²) < 4.78 is 53.0. The van der Waals surface area contributed by atoms with Gasteiger partial charge < -0.3 is 0 Å². The zero-order valence-electron chi connectivity index (χ0n) is 19.3. The van der Waals surface area contributed by atoms with Crippen LogP contribution in [0.3, 0.4) is 0 Å². The topological polar surface area (TPSA) is 77.5 Å². The maximum absolute atomic E-state index is 12.0. The summed E-state index contributed by atoms with van der Waals surface area (Å²) in [7, 11) is -6.47. The molecule has 0 radical (unpaired) electrons. The van der Waals surface area contributed by atoms with Crippen molar-refractivity contribution in [2.45, 2.75) is 102 Å². The number of rotatable bonds is 20. The van der Waals surface area contributed by atoms with E-state index in [2.05, 4.69) is 6.92 Å². The Morgan fingerprint density at radius 3 is 1.58 bits per heavy atom. The summed E-state index contributed by atoms with van der Waals surface area (Å²) in [4.78, 5) is 0.208. The summed E-state index contributed by atoms with van der Waals surface area (Å²) in [6, 6.07) is 8.24. The van der Waals surface area contributed by atoms with Crippen molar-refractivity contribution in [1.82, 2.24) is 0 Å². The predicted molar refractivity (Wildman–Crippen MR) is 129 cm³/mol. The molecule has 1 rings (SSSR count). The molecular weight excluding hydrogens is 432 g/mol. The fraction of sp³-hybridized carbons (Fsp3) is 0.750. The second-order valence-corrected chi connectivity index (χ2v) is 12.3. The third-order valence-corrected chi connectivity index (χ3v) is 8.58. The fourth-order valence-corrected chi connectivity index (χ4v) is 5.97. The van der Waals surface area contributed by atoms with Crippen LogP contribution in [0.25, 0.3) is 0 Å². The SMILES string of the molecule is CCCCCCS(=O)(=O)CCCCCCCCCCCCOS(=O)(=O)c1ccccc1. The van der Waals surface area contributed by atoms with Crippen molar-refractivity contribution in [3.05, 3.63) is 30.3 Å². The van der Waals surface area contributed by atoms with Gasteiger partial charge in [-0.25, -0.2) is 8.42 Å². The minimum atomic E-state index is -3.63. The lowest BCUT2D eigenvalue weighted by molar-refractivity contribution is 0.306. The lowest BCUT2D eigenvalue weighted by Gasteiger charge is -2.06. The zero-order chi connectivity index (χ0) is 22.8. The molecule has 1 aromatic carbocycles. The highest BCUT2D eigenvalue weighted by atomic mass is 32.2. The van der Waals surface area contributed by atoms with E-state index in [9.17, 15) is 16.8 Å². The Bertz CT molecular complexity index is 758. The molecule has 0 amide bonds. The molecule has 0 saturated heterocycles. The van der Waals surface area contributed by atoms with E-state index in [4.69, 9.17) is 4.18 Å². The van der Waals surface area contributed by atoms with Gasteiger partial charge in [0.2, 0.25) is 0 Å². The van der Waals surface area contributed by atoms with Crippen LogP contribution < -0.4 is 0 Å². The second-order valence-electron chi connectivity index (χ2n) is 8.34. The third kappa shape index (κ3) is 14.7. The Labute approximate surface area is 191 Å². The Morgan fingerprint density at radius 2 is 1.06 bits per heavy atom. The molecule has 5 nitrogen and oxygen atoms in total. The fourth-order valence-electron chi connectivity index (χ4n) is 3.51. The molecule has 0 aromatic heterocycles. The molecule has 31 heavy (non-hydrogen) atoms. The van der Waals surface area contributed by atoms with Crippen molar-refractivity contribution >= 4 is 20.0 Å². The maximum atomic E-state index is 12.0. The van der Waals surface area contributed by atoms with E-state index < -0.39 is 20.0 Å². The van der Waals surface area contributed by atoms with Crippen LogP contribution >= 0.6 is 0 Å². The lowest BCUT2D eigenvalue weighted by Crippen LogP contribution is -2.11. The van der Waals surface area contributed by atoms with Crippen LogP contribution in [0, 0.1) is 0 Å². The van der Waals surface area contributed by atoms with Crippen molar-refractivity contribution in [3.63, 3.8) is 0 Å². The molecule has 0 aliphatic carbocycles. The zero-order valence-corrected chi connectivity index (χ0v) is 20.9. The van der Waals surface area contributed by atoms with Crippen LogP contribution in [0.1, 0.15) is 96.8 Å². The summed E-state index contributed by atoms with van der Waals surface area (Å²) >= 11 is 0. The van der Waals surface area contributed by atoms with Crippen LogP contribution in [0.5, 0.6) is 0 Å². The van der Waals surface area contributed by atoms with Gasteiger partial charge in [0.05, 0.1) is 23.0 Å². The molecular formula is C24H42O5S2. The molecule has 1 aromatic rings. The summed E-state index contributed by atoms with van der Waals surface area (Å²) in [5, 5.41) is 0. The van der Waals surface area contributed by atoms with Crippen molar-refractivity contribution < 1.29 is 21.0 Å². The average molecular weight is 475 g/mol. The minimum absolute atomic E-state index is 0.208. The van der Waals surface area contributed by atoms with Gasteiger partial charge in [-0.05, 0) is 31.4 Å². The highest BCUT2D eigenvalue weighted by Crippen LogP contribution is 2.14. The van der Waals surface area contributed by atoms with Crippen LogP contribution in [0.15, 0.2) is 35.2 Å². The largest absolute Gasteiger partial charge is 0.296 e. The van der Waals surface area contributed by atoms with E-state index in [0.717, 1.165) is 77.0 Å². The number of hydrogen-bond donors (Lipinski definition) is 0. The van der Waals surface area contributed by atoms with E-state index in [1.807, 2.05) is 0 Å². The van der Waals surface area contributed by atoms with Crippen LogP contribution in [0.2, 0.25) is 0 Å². The molecule has 7 heteroatoms. The highest BCUT2D eigenvalue weighted by Gasteiger charge is 2.13. The third-order valence-electron chi connectivity index (χ3n) is 5.43. The monoisotopic (exact) mass is 474 g/mol. The van der Waals surface area contributed by atoms with Crippen LogP contribution in [-0.4, -0.2) is 34.9 Å². The van der Waals surface area contributed by atoms with Gasteiger partial charge in [-0.3, -0.25) is 4.18 Å². The van der Waals surface area contributed by atoms with E-state index in [-0.39, 0.29) is 11.5 Å². The molecule has 0 N–H and O–H groups in total. The Balaban J connectivity index is 1.90. The smallest absolute Gasteiger partial charge is 0.266 e. The quantitative estimate of drug-likeness (QED) is 0.164. The van der Waals surface area contributed by atoms with Gasteiger partial charge >= 0.3 is 0 Å². The van der Waals surface area contributed by atoms with Gasteiger partial charge in [-0.15, -0.1) is 0 Å². The molecule has 0 unspecified atom stereocenters. The molecule has 0 heterocycles.